The number of aliphatic hydroxyl groups is 1. The molecule has 0 aliphatic carbocycles. The van der Waals surface area contributed by atoms with Crippen LogP contribution < -0.4 is 0 Å². The second-order valence-corrected chi connectivity index (χ2v) is 3.67. The van der Waals surface area contributed by atoms with Crippen molar-refractivity contribution in [3.8, 4) is 0 Å². The van der Waals surface area contributed by atoms with Gasteiger partial charge in [0.25, 0.3) is 0 Å². The highest BCUT2D eigenvalue weighted by molar-refractivity contribution is 6.32. The van der Waals surface area contributed by atoms with E-state index < -0.39 is 12.1 Å². The van der Waals surface area contributed by atoms with E-state index in [1.54, 1.807) is 18.2 Å². The van der Waals surface area contributed by atoms with Crippen LogP contribution in [0.5, 0.6) is 0 Å². The largest absolute Gasteiger partial charge is 0.467 e. The van der Waals surface area contributed by atoms with Gasteiger partial charge < -0.3 is 14.3 Å². The van der Waals surface area contributed by atoms with Gasteiger partial charge >= 0.3 is 5.97 Å². The van der Waals surface area contributed by atoms with Crippen LogP contribution in [0, 0.1) is 0 Å². The molecule has 0 aliphatic heterocycles. The molecule has 0 spiro atoms. The number of carbonyl (C=O) groups excluding carboxylic acids is 1. The van der Waals surface area contributed by atoms with Gasteiger partial charge in [-0.25, -0.2) is 4.79 Å². The molecule has 84 valence electrons. The van der Waals surface area contributed by atoms with Crippen molar-refractivity contribution in [1.82, 2.24) is 0 Å². The molecule has 1 aromatic carbocycles. The number of hydrogen-bond donors (Lipinski definition) is 1. The first-order valence-electron chi connectivity index (χ1n) is 4.56. The van der Waals surface area contributed by atoms with Crippen LogP contribution in [0.15, 0.2) is 28.9 Å². The fraction of sp³-hybridized carbons (Fsp3) is 0.182. The number of hydrogen-bond acceptors (Lipinski definition) is 4. The van der Waals surface area contributed by atoms with E-state index in [4.69, 9.17) is 16.0 Å². The van der Waals surface area contributed by atoms with Gasteiger partial charge in [0.2, 0.25) is 0 Å². The molecular weight excluding hydrogens is 232 g/mol. The third-order valence-electron chi connectivity index (χ3n) is 2.29. The Kier molecular flexibility index (Phi) is 2.85. The van der Waals surface area contributed by atoms with Gasteiger partial charge in [-0.3, -0.25) is 0 Å². The van der Waals surface area contributed by atoms with Crippen LogP contribution in [0.4, 0.5) is 0 Å². The molecule has 16 heavy (non-hydrogen) atoms. The molecule has 5 heteroatoms. The minimum absolute atomic E-state index is 0.264. The fourth-order valence-corrected chi connectivity index (χ4v) is 1.71. The highest BCUT2D eigenvalue weighted by Crippen LogP contribution is 2.29. The van der Waals surface area contributed by atoms with E-state index >= 15 is 0 Å². The van der Waals surface area contributed by atoms with E-state index in [9.17, 15) is 9.90 Å². The summed E-state index contributed by atoms with van der Waals surface area (Å²) in [6, 6.07) is 4.88. The van der Waals surface area contributed by atoms with Gasteiger partial charge in [-0.1, -0.05) is 11.6 Å². The van der Waals surface area contributed by atoms with Crippen LogP contribution in [0.2, 0.25) is 5.02 Å². The van der Waals surface area contributed by atoms with Crippen molar-refractivity contribution in [2.75, 3.05) is 7.11 Å². The zero-order chi connectivity index (χ0) is 11.7. The SMILES string of the molecule is COC(=O)C(O)c1cc2ccoc2cc1Cl. The Morgan fingerprint density at radius 2 is 2.31 bits per heavy atom. The molecule has 1 unspecified atom stereocenters. The topological polar surface area (TPSA) is 59.7 Å². The van der Waals surface area contributed by atoms with E-state index in [-0.39, 0.29) is 5.02 Å². The normalized spacial score (nSPS) is 12.7. The average Bonchev–Trinajstić information content (AvgIpc) is 2.72. The predicted molar refractivity (Wildman–Crippen MR) is 58.2 cm³/mol. The summed E-state index contributed by atoms with van der Waals surface area (Å²) in [5.41, 5.74) is 0.910. The third kappa shape index (κ3) is 1.77. The molecule has 0 amide bonds. The summed E-state index contributed by atoms with van der Waals surface area (Å²) in [6.07, 6.45) is 0.131. The number of benzene rings is 1. The van der Waals surface area contributed by atoms with Crippen LogP contribution >= 0.6 is 11.6 Å². The van der Waals surface area contributed by atoms with E-state index in [1.165, 1.54) is 13.4 Å². The van der Waals surface area contributed by atoms with Crippen molar-refractivity contribution in [2.45, 2.75) is 6.10 Å². The monoisotopic (exact) mass is 240 g/mol. The second kappa shape index (κ2) is 4.15. The average molecular weight is 241 g/mol. The Balaban J connectivity index is 2.50. The number of aliphatic hydroxyl groups excluding tert-OH is 1. The maximum absolute atomic E-state index is 11.2. The van der Waals surface area contributed by atoms with E-state index in [0.717, 1.165) is 5.39 Å². The lowest BCUT2D eigenvalue weighted by Crippen LogP contribution is -2.13. The van der Waals surface area contributed by atoms with Crippen molar-refractivity contribution in [3.05, 3.63) is 35.0 Å². The Hall–Kier alpha value is -1.52. The van der Waals surface area contributed by atoms with Crippen LogP contribution in [-0.4, -0.2) is 18.2 Å². The quantitative estimate of drug-likeness (QED) is 0.819. The van der Waals surface area contributed by atoms with Crippen LogP contribution in [0.1, 0.15) is 11.7 Å². The van der Waals surface area contributed by atoms with Crippen molar-refractivity contribution in [3.63, 3.8) is 0 Å². The standard InChI is InChI=1S/C11H9ClO4/c1-15-11(14)10(13)7-4-6-2-3-16-9(6)5-8(7)12/h2-5,10,13H,1H3. The zero-order valence-electron chi connectivity index (χ0n) is 8.44. The number of esters is 1. The second-order valence-electron chi connectivity index (χ2n) is 3.26. The first-order valence-corrected chi connectivity index (χ1v) is 4.94. The minimum Gasteiger partial charge on any atom is -0.467 e. The molecule has 2 rings (SSSR count). The smallest absolute Gasteiger partial charge is 0.339 e. The number of rotatable bonds is 2. The number of ether oxygens (including phenoxy) is 1. The Morgan fingerprint density at radius 1 is 1.56 bits per heavy atom. The first-order chi connectivity index (χ1) is 7.63. The number of fused-ring (bicyclic) bond motifs is 1. The van der Waals surface area contributed by atoms with Crippen LogP contribution in [0.25, 0.3) is 11.0 Å². The summed E-state index contributed by atoms with van der Waals surface area (Å²) in [5.74, 6) is -0.746. The van der Waals surface area contributed by atoms with Gasteiger partial charge in [0.15, 0.2) is 6.10 Å². The summed E-state index contributed by atoms with van der Waals surface area (Å²) in [5, 5.41) is 10.7. The molecule has 0 saturated carbocycles. The summed E-state index contributed by atoms with van der Waals surface area (Å²) < 4.78 is 9.58. The van der Waals surface area contributed by atoms with E-state index in [0.29, 0.717) is 11.1 Å². The molecule has 0 aliphatic rings. The molecule has 4 nitrogen and oxygen atoms in total. The molecule has 0 bridgehead atoms. The minimum atomic E-state index is -1.38. The Bertz CT molecular complexity index is 532. The van der Waals surface area contributed by atoms with Gasteiger partial charge in [-0.2, -0.15) is 0 Å². The van der Waals surface area contributed by atoms with E-state index in [1.807, 2.05) is 0 Å². The van der Waals surface area contributed by atoms with Gasteiger partial charge in [-0.15, -0.1) is 0 Å². The predicted octanol–water partition coefficient (Wildman–Crippen LogP) is 2.29. The van der Waals surface area contributed by atoms with Gasteiger partial charge in [0.05, 0.1) is 18.4 Å². The van der Waals surface area contributed by atoms with Crippen LogP contribution in [0.3, 0.4) is 0 Å². The number of methoxy groups -OCH3 is 1. The molecule has 0 fully saturated rings. The Labute approximate surface area is 96.4 Å². The lowest BCUT2D eigenvalue weighted by molar-refractivity contribution is -0.150. The summed E-state index contributed by atoms with van der Waals surface area (Å²) >= 11 is 5.93. The maximum Gasteiger partial charge on any atom is 0.339 e. The molecule has 0 radical (unpaired) electrons. The lowest BCUT2D eigenvalue weighted by atomic mass is 10.1. The van der Waals surface area contributed by atoms with Crippen molar-refractivity contribution in [2.24, 2.45) is 0 Å². The molecule has 1 heterocycles. The molecule has 1 aromatic heterocycles. The van der Waals surface area contributed by atoms with Crippen molar-refractivity contribution < 1.29 is 19.1 Å². The maximum atomic E-state index is 11.2. The molecule has 1 atom stereocenters. The summed E-state index contributed by atoms with van der Waals surface area (Å²) in [4.78, 5) is 11.2. The fourth-order valence-electron chi connectivity index (χ4n) is 1.45. The number of halogens is 1. The molecule has 2 aromatic rings. The molecular formula is C11H9ClO4. The molecule has 1 N–H and O–H groups in total. The van der Waals surface area contributed by atoms with Gasteiger partial charge in [0.1, 0.15) is 5.58 Å². The van der Waals surface area contributed by atoms with Crippen molar-refractivity contribution >= 4 is 28.5 Å². The zero-order valence-corrected chi connectivity index (χ0v) is 9.19. The number of carbonyl (C=O) groups is 1. The lowest BCUT2D eigenvalue weighted by Gasteiger charge is -2.10. The molecule has 0 saturated heterocycles. The third-order valence-corrected chi connectivity index (χ3v) is 2.62. The van der Waals surface area contributed by atoms with Gasteiger partial charge in [0, 0.05) is 17.0 Å². The van der Waals surface area contributed by atoms with E-state index in [2.05, 4.69) is 4.74 Å². The summed E-state index contributed by atoms with van der Waals surface area (Å²) in [7, 11) is 1.20. The highest BCUT2D eigenvalue weighted by Gasteiger charge is 2.21. The van der Waals surface area contributed by atoms with Crippen LogP contribution in [-0.2, 0) is 9.53 Å². The van der Waals surface area contributed by atoms with Gasteiger partial charge in [-0.05, 0) is 12.1 Å². The summed E-state index contributed by atoms with van der Waals surface area (Å²) in [6.45, 7) is 0. The Morgan fingerprint density at radius 3 is 3.00 bits per heavy atom. The van der Waals surface area contributed by atoms with Crippen molar-refractivity contribution in [1.29, 1.82) is 0 Å². The highest BCUT2D eigenvalue weighted by atomic mass is 35.5. The first kappa shape index (κ1) is 11.0. The number of furan rings is 1.